The molecule has 25 heavy (non-hydrogen) atoms. The number of ketones is 1. The van der Waals surface area contributed by atoms with Crippen LogP contribution >= 0.6 is 0 Å². The number of aliphatic hydroxyl groups excluding tert-OH is 1. The van der Waals surface area contributed by atoms with E-state index in [1.54, 1.807) is 26.8 Å². The number of esters is 1. The SMILES string of the molecule is CCC1C/C=C/CCCC(C)C(O)C(C)C(=O)C(C)(C)/C=C/C(=O)O1. The molecule has 0 fully saturated rings. The molecule has 1 heterocycles. The molecule has 4 atom stereocenters. The van der Waals surface area contributed by atoms with Gasteiger partial charge in [-0.3, -0.25) is 4.79 Å². The Morgan fingerprint density at radius 3 is 2.56 bits per heavy atom. The molecule has 4 heteroatoms. The Morgan fingerprint density at radius 2 is 1.92 bits per heavy atom. The lowest BCUT2D eigenvalue weighted by Crippen LogP contribution is -2.38. The van der Waals surface area contributed by atoms with Gasteiger partial charge in [-0.1, -0.05) is 39.0 Å². The van der Waals surface area contributed by atoms with Gasteiger partial charge >= 0.3 is 5.97 Å². The van der Waals surface area contributed by atoms with Gasteiger partial charge in [0.1, 0.15) is 11.9 Å². The number of allylic oxidation sites excluding steroid dienone is 2. The second kappa shape index (κ2) is 9.91. The number of hydrogen-bond donors (Lipinski definition) is 1. The first kappa shape index (κ1) is 21.6. The first-order valence-corrected chi connectivity index (χ1v) is 9.46. The standard InChI is InChI=1S/C21H34O4/c1-6-17-12-10-8-7-9-11-15(2)19(23)16(3)20(24)21(4,5)14-13-18(22)25-17/h8,10,13-17,19,23H,6-7,9,11-12H2,1-5H3/b10-8+,14-13+. The summed E-state index contributed by atoms with van der Waals surface area (Å²) >= 11 is 0. The number of rotatable bonds is 1. The number of aliphatic hydroxyl groups is 1. The highest BCUT2D eigenvalue weighted by Crippen LogP contribution is 2.28. The highest BCUT2D eigenvalue weighted by atomic mass is 16.5. The smallest absolute Gasteiger partial charge is 0.330 e. The Morgan fingerprint density at radius 1 is 1.24 bits per heavy atom. The lowest BCUT2D eigenvalue weighted by atomic mass is 9.76. The number of Topliss-reactive ketones (excluding diaryl/α,β-unsaturated/α-hetero) is 1. The van der Waals surface area contributed by atoms with Gasteiger partial charge in [0, 0.05) is 23.8 Å². The number of ether oxygens (including phenoxy) is 1. The van der Waals surface area contributed by atoms with E-state index in [1.165, 1.54) is 6.08 Å². The summed E-state index contributed by atoms with van der Waals surface area (Å²) in [5.41, 5.74) is -0.822. The van der Waals surface area contributed by atoms with Crippen molar-refractivity contribution in [3.63, 3.8) is 0 Å². The van der Waals surface area contributed by atoms with Crippen LogP contribution in [0.25, 0.3) is 0 Å². The molecule has 4 unspecified atom stereocenters. The van der Waals surface area contributed by atoms with Crippen molar-refractivity contribution < 1.29 is 19.4 Å². The molecule has 4 nitrogen and oxygen atoms in total. The minimum atomic E-state index is -0.822. The lowest BCUT2D eigenvalue weighted by Gasteiger charge is -2.29. The second-order valence-corrected chi connectivity index (χ2v) is 7.78. The molecule has 0 aromatic heterocycles. The van der Waals surface area contributed by atoms with E-state index in [9.17, 15) is 14.7 Å². The third-order valence-electron chi connectivity index (χ3n) is 5.11. The highest BCUT2D eigenvalue weighted by Gasteiger charge is 2.35. The molecule has 1 aliphatic rings. The highest BCUT2D eigenvalue weighted by molar-refractivity contribution is 5.90. The van der Waals surface area contributed by atoms with Crippen molar-refractivity contribution in [2.45, 2.75) is 78.9 Å². The molecule has 0 bridgehead atoms. The van der Waals surface area contributed by atoms with Crippen molar-refractivity contribution in [2.24, 2.45) is 17.3 Å². The maximum Gasteiger partial charge on any atom is 0.330 e. The Hall–Kier alpha value is -1.42. The van der Waals surface area contributed by atoms with Gasteiger partial charge in [-0.25, -0.2) is 4.79 Å². The average molecular weight is 350 g/mol. The van der Waals surface area contributed by atoms with Crippen molar-refractivity contribution in [1.29, 1.82) is 0 Å². The van der Waals surface area contributed by atoms with Gasteiger partial charge in [0.15, 0.2) is 0 Å². The van der Waals surface area contributed by atoms with E-state index < -0.39 is 23.4 Å². The predicted octanol–water partition coefficient (Wildman–Crippen LogP) is 4.22. The van der Waals surface area contributed by atoms with Crippen molar-refractivity contribution in [2.75, 3.05) is 0 Å². The molecule has 0 aromatic carbocycles. The summed E-state index contributed by atoms with van der Waals surface area (Å²) in [6, 6.07) is 0. The fourth-order valence-electron chi connectivity index (χ4n) is 3.19. The summed E-state index contributed by atoms with van der Waals surface area (Å²) in [4.78, 5) is 24.8. The van der Waals surface area contributed by atoms with Gasteiger partial charge in [-0.15, -0.1) is 0 Å². The van der Waals surface area contributed by atoms with E-state index >= 15 is 0 Å². The second-order valence-electron chi connectivity index (χ2n) is 7.78. The van der Waals surface area contributed by atoms with Crippen LogP contribution in [0.2, 0.25) is 0 Å². The maximum atomic E-state index is 12.8. The molecule has 1 N–H and O–H groups in total. The summed E-state index contributed by atoms with van der Waals surface area (Å²) in [6.45, 7) is 9.31. The van der Waals surface area contributed by atoms with Gasteiger partial charge < -0.3 is 9.84 Å². The molecule has 142 valence electrons. The average Bonchev–Trinajstić information content (AvgIpc) is 2.58. The maximum absolute atomic E-state index is 12.8. The van der Waals surface area contributed by atoms with Crippen LogP contribution in [0.1, 0.15) is 66.7 Å². The molecule has 0 saturated heterocycles. The van der Waals surface area contributed by atoms with Gasteiger partial charge in [0.2, 0.25) is 0 Å². The van der Waals surface area contributed by atoms with Crippen LogP contribution in [0.5, 0.6) is 0 Å². The van der Waals surface area contributed by atoms with Crippen molar-refractivity contribution >= 4 is 11.8 Å². The summed E-state index contributed by atoms with van der Waals surface area (Å²) in [6.07, 6.45) is 10.5. The molecule has 0 spiro atoms. The zero-order chi connectivity index (χ0) is 19.0. The fraction of sp³-hybridized carbons (Fsp3) is 0.714. The Balaban J connectivity index is 2.99. The van der Waals surface area contributed by atoms with Crippen LogP contribution in [0.15, 0.2) is 24.3 Å². The predicted molar refractivity (Wildman–Crippen MR) is 100 cm³/mol. The molecule has 0 saturated carbocycles. The number of cyclic esters (lactones) is 1. The summed E-state index contributed by atoms with van der Waals surface area (Å²) in [5.74, 6) is -0.893. The molecule has 1 aliphatic heterocycles. The molecule has 0 amide bonds. The van der Waals surface area contributed by atoms with Crippen molar-refractivity contribution in [3.05, 3.63) is 24.3 Å². The Kier molecular flexibility index (Phi) is 8.57. The topological polar surface area (TPSA) is 63.6 Å². The number of carbonyl (C=O) groups excluding carboxylic acids is 2. The van der Waals surface area contributed by atoms with Crippen molar-refractivity contribution in [1.82, 2.24) is 0 Å². The van der Waals surface area contributed by atoms with E-state index in [1.807, 2.05) is 13.8 Å². The van der Waals surface area contributed by atoms with Crippen LogP contribution < -0.4 is 0 Å². The number of hydrogen-bond acceptors (Lipinski definition) is 4. The Bertz CT molecular complexity index is 504. The van der Waals surface area contributed by atoms with Gasteiger partial charge in [0.25, 0.3) is 0 Å². The molecule has 0 aromatic rings. The van der Waals surface area contributed by atoms with Gasteiger partial charge in [0.05, 0.1) is 6.10 Å². The first-order valence-electron chi connectivity index (χ1n) is 9.46. The lowest BCUT2D eigenvalue weighted by molar-refractivity contribution is -0.143. The van der Waals surface area contributed by atoms with Crippen LogP contribution in [-0.4, -0.2) is 29.1 Å². The largest absolute Gasteiger partial charge is 0.459 e. The van der Waals surface area contributed by atoms with Crippen LogP contribution in [0.4, 0.5) is 0 Å². The molecular formula is C21H34O4. The van der Waals surface area contributed by atoms with E-state index in [0.717, 1.165) is 25.7 Å². The summed E-state index contributed by atoms with van der Waals surface area (Å²) < 4.78 is 5.46. The monoisotopic (exact) mass is 350 g/mol. The molecule has 1 rings (SSSR count). The van der Waals surface area contributed by atoms with Crippen molar-refractivity contribution in [3.8, 4) is 0 Å². The van der Waals surface area contributed by atoms with E-state index in [4.69, 9.17) is 4.74 Å². The molecule has 0 radical (unpaired) electrons. The molecule has 0 aliphatic carbocycles. The minimum absolute atomic E-state index is 0.0602. The van der Waals surface area contributed by atoms with Crippen LogP contribution in [0, 0.1) is 17.3 Å². The zero-order valence-electron chi connectivity index (χ0n) is 16.3. The fourth-order valence-corrected chi connectivity index (χ4v) is 3.19. The van der Waals surface area contributed by atoms with Gasteiger partial charge in [-0.2, -0.15) is 0 Å². The van der Waals surface area contributed by atoms with Crippen LogP contribution in [0.3, 0.4) is 0 Å². The van der Waals surface area contributed by atoms with E-state index in [2.05, 4.69) is 12.2 Å². The first-order chi connectivity index (χ1) is 11.7. The third kappa shape index (κ3) is 6.77. The number of carbonyl (C=O) groups is 2. The minimum Gasteiger partial charge on any atom is -0.459 e. The Labute approximate surface area is 152 Å². The summed E-state index contributed by atoms with van der Waals surface area (Å²) in [7, 11) is 0. The third-order valence-corrected chi connectivity index (χ3v) is 5.11. The molecular weight excluding hydrogens is 316 g/mol. The quantitative estimate of drug-likeness (QED) is 0.568. The van der Waals surface area contributed by atoms with E-state index in [0.29, 0.717) is 6.42 Å². The van der Waals surface area contributed by atoms with E-state index in [-0.39, 0.29) is 17.8 Å². The van der Waals surface area contributed by atoms with Crippen LogP contribution in [-0.2, 0) is 14.3 Å². The summed E-state index contributed by atoms with van der Waals surface area (Å²) in [5, 5.41) is 10.5. The van der Waals surface area contributed by atoms with Gasteiger partial charge in [-0.05, 0) is 45.4 Å². The zero-order valence-corrected chi connectivity index (χ0v) is 16.3. The normalized spacial score (nSPS) is 35.0.